The van der Waals surface area contributed by atoms with Crippen molar-refractivity contribution in [2.75, 3.05) is 31.6 Å². The summed E-state index contributed by atoms with van der Waals surface area (Å²) in [4.78, 5) is 27.3. The fourth-order valence-corrected chi connectivity index (χ4v) is 6.43. The van der Waals surface area contributed by atoms with E-state index in [0.29, 0.717) is 11.4 Å². The Morgan fingerprint density at radius 3 is 2.36 bits per heavy atom. The summed E-state index contributed by atoms with van der Waals surface area (Å²) < 4.78 is 39.2. The zero-order valence-electron chi connectivity index (χ0n) is 23.9. The second-order valence-electron chi connectivity index (χ2n) is 10.6. The number of para-hydroxylation sites is 1. The molecule has 224 valence electrons. The van der Waals surface area contributed by atoms with Crippen molar-refractivity contribution in [3.63, 3.8) is 0 Å². The van der Waals surface area contributed by atoms with Crippen LogP contribution in [-0.4, -0.2) is 74.8 Å². The van der Waals surface area contributed by atoms with Crippen LogP contribution in [0.3, 0.4) is 0 Å². The second-order valence-corrected chi connectivity index (χ2v) is 12.5. The molecule has 3 atom stereocenters. The number of aliphatic hydroxyl groups is 1. The third kappa shape index (κ3) is 7.67. The number of nitrogens with zero attached hydrogens (tertiary/aromatic N) is 2. The fourth-order valence-electron chi connectivity index (χ4n) is 4.77. The first-order chi connectivity index (χ1) is 20.1. The first-order valence-electron chi connectivity index (χ1n) is 13.8. The van der Waals surface area contributed by atoms with Crippen LogP contribution in [0.5, 0.6) is 5.75 Å². The van der Waals surface area contributed by atoms with Crippen LogP contribution in [0.1, 0.15) is 19.4 Å². The van der Waals surface area contributed by atoms with Gasteiger partial charge < -0.3 is 19.9 Å². The molecule has 0 spiro atoms. The summed E-state index contributed by atoms with van der Waals surface area (Å²) in [5.41, 5.74) is 1.44. The van der Waals surface area contributed by atoms with Crippen LogP contribution in [0, 0.1) is 5.92 Å². The minimum absolute atomic E-state index is 0.00647. The maximum Gasteiger partial charge on any atom is 0.415 e. The number of rotatable bonds is 13. The van der Waals surface area contributed by atoms with E-state index in [-0.39, 0.29) is 36.9 Å². The van der Waals surface area contributed by atoms with Crippen LogP contribution in [-0.2, 0) is 26.0 Å². The summed E-state index contributed by atoms with van der Waals surface area (Å²) in [6, 6.07) is 23.4. The lowest BCUT2D eigenvalue weighted by Crippen LogP contribution is -2.53. The molecule has 3 aromatic carbocycles. The Balaban J connectivity index is 1.55. The third-order valence-corrected chi connectivity index (χ3v) is 8.73. The standard InChI is InChI=1S/C31H37N3O7S/c1-22(2)19-33(42(38,39)26-16-10-15-25(18-26)40-3)20-28(35)27(17-23-11-6-4-7-12-23)32-30(36)29-21-34(31(37)41-29)24-13-8-5-9-14-24/h4-16,18,22,27-29,35H,17,19-21H2,1-3H3,(H,32,36)/t27-,28-,29-/m0/s1. The largest absolute Gasteiger partial charge is 0.497 e. The summed E-state index contributed by atoms with van der Waals surface area (Å²) in [6.07, 6.45) is -2.80. The molecular weight excluding hydrogens is 558 g/mol. The lowest BCUT2D eigenvalue weighted by atomic mass is 10.0. The number of aliphatic hydroxyl groups excluding tert-OH is 1. The zero-order valence-corrected chi connectivity index (χ0v) is 24.7. The Labute approximate surface area is 246 Å². The molecule has 0 aliphatic carbocycles. The van der Waals surface area contributed by atoms with Gasteiger partial charge >= 0.3 is 6.09 Å². The molecule has 0 radical (unpaired) electrons. The van der Waals surface area contributed by atoms with Gasteiger partial charge in [-0.25, -0.2) is 13.2 Å². The highest BCUT2D eigenvalue weighted by Gasteiger charge is 2.39. The molecule has 1 heterocycles. The fraction of sp³-hybridized carbons (Fsp3) is 0.355. The summed E-state index contributed by atoms with van der Waals surface area (Å²) in [5, 5.41) is 14.3. The van der Waals surface area contributed by atoms with Crippen LogP contribution in [0.2, 0.25) is 0 Å². The molecule has 4 rings (SSSR count). The van der Waals surface area contributed by atoms with Gasteiger partial charge in [0.15, 0.2) is 6.10 Å². The molecule has 0 unspecified atom stereocenters. The van der Waals surface area contributed by atoms with Crippen molar-refractivity contribution < 1.29 is 32.6 Å². The lowest BCUT2D eigenvalue weighted by Gasteiger charge is -2.31. The van der Waals surface area contributed by atoms with E-state index in [1.165, 1.54) is 28.4 Å². The maximum absolute atomic E-state index is 13.7. The first kappa shape index (κ1) is 31.0. The predicted molar refractivity (Wildman–Crippen MR) is 159 cm³/mol. The number of anilines is 1. The van der Waals surface area contributed by atoms with Gasteiger partial charge in [-0.1, -0.05) is 68.4 Å². The molecule has 3 aromatic rings. The molecule has 2 amide bonds. The van der Waals surface area contributed by atoms with Crippen molar-refractivity contribution in [2.45, 2.75) is 43.4 Å². The molecule has 0 bridgehead atoms. The van der Waals surface area contributed by atoms with Crippen LogP contribution >= 0.6 is 0 Å². The van der Waals surface area contributed by atoms with Crippen molar-refractivity contribution >= 4 is 27.7 Å². The average Bonchev–Trinajstić information content (AvgIpc) is 3.38. The minimum atomic E-state index is -4.01. The lowest BCUT2D eigenvalue weighted by molar-refractivity contribution is -0.129. The maximum atomic E-state index is 13.7. The van der Waals surface area contributed by atoms with Gasteiger partial charge in [0.1, 0.15) is 5.75 Å². The SMILES string of the molecule is COc1cccc(S(=O)(=O)N(CC(C)C)C[C@H](O)[C@H](Cc2ccccc2)NC(=O)[C@@H]2CN(c3ccccc3)C(=O)O2)c1. The van der Waals surface area contributed by atoms with Crippen molar-refractivity contribution in [1.29, 1.82) is 0 Å². The second kappa shape index (κ2) is 13.8. The van der Waals surface area contributed by atoms with E-state index in [2.05, 4.69) is 5.32 Å². The molecule has 0 saturated carbocycles. The number of amides is 2. The number of hydrogen-bond acceptors (Lipinski definition) is 7. The van der Waals surface area contributed by atoms with Gasteiger partial charge in [-0.15, -0.1) is 0 Å². The molecule has 1 aliphatic heterocycles. The van der Waals surface area contributed by atoms with E-state index < -0.39 is 40.3 Å². The predicted octanol–water partition coefficient (Wildman–Crippen LogP) is 3.46. The highest BCUT2D eigenvalue weighted by atomic mass is 32.2. The van der Waals surface area contributed by atoms with E-state index >= 15 is 0 Å². The van der Waals surface area contributed by atoms with Gasteiger partial charge in [0.25, 0.3) is 5.91 Å². The van der Waals surface area contributed by atoms with Crippen LogP contribution in [0.4, 0.5) is 10.5 Å². The summed E-state index contributed by atoms with van der Waals surface area (Å²) in [7, 11) is -2.56. The van der Waals surface area contributed by atoms with Gasteiger partial charge in [-0.3, -0.25) is 9.69 Å². The number of ether oxygens (including phenoxy) is 2. The van der Waals surface area contributed by atoms with Crippen LogP contribution in [0.25, 0.3) is 0 Å². The minimum Gasteiger partial charge on any atom is -0.497 e. The number of benzene rings is 3. The van der Waals surface area contributed by atoms with E-state index in [1.807, 2.05) is 50.2 Å². The summed E-state index contributed by atoms with van der Waals surface area (Å²) in [6.45, 7) is 3.66. The smallest absolute Gasteiger partial charge is 0.415 e. The van der Waals surface area contributed by atoms with Crippen LogP contribution < -0.4 is 15.0 Å². The highest BCUT2D eigenvalue weighted by molar-refractivity contribution is 7.89. The molecule has 1 saturated heterocycles. The number of methoxy groups -OCH3 is 1. The number of hydrogen-bond donors (Lipinski definition) is 2. The Bertz CT molecular complexity index is 1450. The first-order valence-corrected chi connectivity index (χ1v) is 15.2. The van der Waals surface area contributed by atoms with E-state index in [9.17, 15) is 23.1 Å². The number of nitrogens with one attached hydrogen (secondary N) is 1. The van der Waals surface area contributed by atoms with Gasteiger partial charge in [-0.05, 0) is 42.2 Å². The highest BCUT2D eigenvalue weighted by Crippen LogP contribution is 2.24. The monoisotopic (exact) mass is 595 g/mol. The Hall–Kier alpha value is -3.93. The number of carbonyl (C=O) groups is 2. The van der Waals surface area contributed by atoms with Crippen molar-refractivity contribution in [1.82, 2.24) is 9.62 Å². The molecule has 1 fully saturated rings. The van der Waals surface area contributed by atoms with E-state index in [4.69, 9.17) is 9.47 Å². The Kier molecular flexibility index (Phi) is 10.2. The number of cyclic esters (lactones) is 1. The summed E-state index contributed by atoms with van der Waals surface area (Å²) in [5.74, 6) is -0.222. The average molecular weight is 596 g/mol. The summed E-state index contributed by atoms with van der Waals surface area (Å²) >= 11 is 0. The molecular formula is C31H37N3O7S. The molecule has 42 heavy (non-hydrogen) atoms. The number of carbonyl (C=O) groups excluding carboxylic acids is 2. The van der Waals surface area contributed by atoms with Gasteiger partial charge in [0.05, 0.1) is 30.7 Å². The molecule has 10 nitrogen and oxygen atoms in total. The van der Waals surface area contributed by atoms with Crippen molar-refractivity contribution in [3.8, 4) is 5.75 Å². The zero-order chi connectivity index (χ0) is 30.3. The van der Waals surface area contributed by atoms with Crippen molar-refractivity contribution in [2.24, 2.45) is 5.92 Å². The van der Waals surface area contributed by atoms with E-state index in [0.717, 1.165) is 5.56 Å². The van der Waals surface area contributed by atoms with Crippen LogP contribution in [0.15, 0.2) is 89.8 Å². The molecule has 0 aromatic heterocycles. The third-order valence-electron chi connectivity index (χ3n) is 6.90. The van der Waals surface area contributed by atoms with Crippen molar-refractivity contribution in [3.05, 3.63) is 90.5 Å². The molecule has 11 heteroatoms. The van der Waals surface area contributed by atoms with E-state index in [1.54, 1.807) is 36.4 Å². The van der Waals surface area contributed by atoms with Gasteiger partial charge in [0.2, 0.25) is 10.0 Å². The van der Waals surface area contributed by atoms with Gasteiger partial charge in [-0.2, -0.15) is 4.31 Å². The normalized spacial score (nSPS) is 16.8. The number of sulfonamides is 1. The molecule has 1 aliphatic rings. The Morgan fingerprint density at radius 2 is 1.71 bits per heavy atom. The quantitative estimate of drug-likeness (QED) is 0.310. The van der Waals surface area contributed by atoms with Gasteiger partial charge in [0, 0.05) is 24.8 Å². The molecule has 2 N–H and O–H groups in total. The Morgan fingerprint density at radius 1 is 1.05 bits per heavy atom. The topological polar surface area (TPSA) is 125 Å².